The van der Waals surface area contributed by atoms with E-state index < -0.39 is 5.60 Å². The van der Waals surface area contributed by atoms with E-state index in [9.17, 15) is 5.11 Å². The van der Waals surface area contributed by atoms with Gasteiger partial charge in [0.2, 0.25) is 0 Å². The van der Waals surface area contributed by atoms with E-state index in [2.05, 4.69) is 25.1 Å². The van der Waals surface area contributed by atoms with Gasteiger partial charge in [0.15, 0.2) is 0 Å². The lowest BCUT2D eigenvalue weighted by atomic mass is 9.91. The molecule has 0 bridgehead atoms. The molecule has 0 amide bonds. The van der Waals surface area contributed by atoms with Gasteiger partial charge in [-0.25, -0.2) is 0 Å². The van der Waals surface area contributed by atoms with Gasteiger partial charge >= 0.3 is 0 Å². The van der Waals surface area contributed by atoms with Gasteiger partial charge in [-0.05, 0) is 43.2 Å². The highest BCUT2D eigenvalue weighted by molar-refractivity contribution is 7.12. The second-order valence-corrected chi connectivity index (χ2v) is 6.12. The molecule has 2 nitrogen and oxygen atoms in total. The highest BCUT2D eigenvalue weighted by Gasteiger charge is 2.24. The molecule has 2 aromatic rings. The highest BCUT2D eigenvalue weighted by atomic mass is 32.1. The number of hydrogen-bond acceptors (Lipinski definition) is 3. The average molecular weight is 271 g/mol. The zero-order valence-electron chi connectivity index (χ0n) is 11.2. The molecule has 1 heterocycles. The zero-order chi connectivity index (χ0) is 13.9. The van der Waals surface area contributed by atoms with Crippen LogP contribution in [0.2, 0.25) is 0 Å². The molecule has 0 aliphatic heterocycles. The van der Waals surface area contributed by atoms with Crippen molar-refractivity contribution < 1.29 is 5.11 Å². The molecule has 0 aliphatic carbocycles. The van der Waals surface area contributed by atoms with Crippen molar-refractivity contribution in [1.82, 2.24) is 0 Å². The van der Waals surface area contributed by atoms with Gasteiger partial charge in [0, 0.05) is 16.2 Å². The minimum Gasteiger partial charge on any atom is -0.385 e. The molecule has 1 N–H and O–H groups in total. The first kappa shape index (κ1) is 13.8. The van der Waals surface area contributed by atoms with E-state index in [1.165, 1.54) is 9.75 Å². The monoisotopic (exact) mass is 271 g/mol. The summed E-state index contributed by atoms with van der Waals surface area (Å²) in [6, 6.07) is 13.5. The summed E-state index contributed by atoms with van der Waals surface area (Å²) >= 11 is 1.74. The molecule has 1 unspecified atom stereocenters. The fraction of sp³-hybridized carbons (Fsp3) is 0.312. The first-order chi connectivity index (χ1) is 9.05. The normalized spacial score (nSPS) is 13.8. The third-order valence-corrected chi connectivity index (χ3v) is 4.43. The van der Waals surface area contributed by atoms with Gasteiger partial charge < -0.3 is 5.11 Å². The maximum atomic E-state index is 10.6. The quantitative estimate of drug-likeness (QED) is 0.922. The lowest BCUT2D eigenvalue weighted by Gasteiger charge is -2.23. The fourth-order valence-electron chi connectivity index (χ4n) is 2.07. The molecule has 0 spiro atoms. The number of benzene rings is 1. The number of thiophene rings is 1. The number of aliphatic hydroxyl groups is 1. The van der Waals surface area contributed by atoms with Crippen LogP contribution in [0.3, 0.4) is 0 Å². The molecule has 19 heavy (non-hydrogen) atoms. The van der Waals surface area contributed by atoms with E-state index in [0.29, 0.717) is 12.0 Å². The Morgan fingerprint density at radius 3 is 2.63 bits per heavy atom. The van der Waals surface area contributed by atoms with Crippen molar-refractivity contribution in [3.8, 4) is 6.07 Å². The summed E-state index contributed by atoms with van der Waals surface area (Å²) in [7, 11) is 0. The van der Waals surface area contributed by atoms with Gasteiger partial charge in [-0.3, -0.25) is 0 Å². The van der Waals surface area contributed by atoms with E-state index in [0.717, 1.165) is 12.0 Å². The van der Waals surface area contributed by atoms with Crippen LogP contribution in [-0.2, 0) is 18.4 Å². The molecule has 2 rings (SSSR count). The van der Waals surface area contributed by atoms with Crippen molar-refractivity contribution in [3.05, 3.63) is 57.3 Å². The van der Waals surface area contributed by atoms with Crippen LogP contribution in [0.25, 0.3) is 0 Å². The van der Waals surface area contributed by atoms with Crippen LogP contribution in [0.1, 0.15) is 34.7 Å². The SMILES string of the molecule is CCc1ccc(CC(C)(O)c2cccc(C#N)c2)s1. The third kappa shape index (κ3) is 3.23. The van der Waals surface area contributed by atoms with Crippen molar-refractivity contribution in [2.24, 2.45) is 0 Å². The molecule has 1 aromatic carbocycles. The molecule has 98 valence electrons. The largest absolute Gasteiger partial charge is 0.385 e. The minimum atomic E-state index is -0.942. The van der Waals surface area contributed by atoms with Crippen molar-refractivity contribution in [3.63, 3.8) is 0 Å². The van der Waals surface area contributed by atoms with Gasteiger partial charge in [0.25, 0.3) is 0 Å². The molecule has 0 radical (unpaired) electrons. The lowest BCUT2D eigenvalue weighted by molar-refractivity contribution is 0.0584. The van der Waals surface area contributed by atoms with Gasteiger partial charge in [-0.2, -0.15) is 5.26 Å². The van der Waals surface area contributed by atoms with Crippen LogP contribution in [-0.4, -0.2) is 5.11 Å². The second-order valence-electron chi connectivity index (χ2n) is 4.86. The first-order valence-electron chi connectivity index (χ1n) is 6.36. The molecular formula is C16H17NOS. The Labute approximate surface area is 118 Å². The lowest BCUT2D eigenvalue weighted by Crippen LogP contribution is -2.23. The van der Waals surface area contributed by atoms with Gasteiger partial charge in [-0.15, -0.1) is 11.3 Å². The average Bonchev–Trinajstić information content (AvgIpc) is 2.85. The minimum absolute atomic E-state index is 0.576. The number of aryl methyl sites for hydroxylation is 1. The fourth-order valence-corrected chi connectivity index (χ4v) is 3.18. The molecule has 0 saturated carbocycles. The predicted molar refractivity (Wildman–Crippen MR) is 78.1 cm³/mol. The molecular weight excluding hydrogens is 254 g/mol. The Hall–Kier alpha value is -1.63. The Balaban J connectivity index is 2.23. The molecule has 0 saturated heterocycles. The van der Waals surface area contributed by atoms with E-state index in [4.69, 9.17) is 5.26 Å². The van der Waals surface area contributed by atoms with Crippen molar-refractivity contribution >= 4 is 11.3 Å². The van der Waals surface area contributed by atoms with Crippen LogP contribution < -0.4 is 0 Å². The number of nitriles is 1. The van der Waals surface area contributed by atoms with Crippen LogP contribution in [0.4, 0.5) is 0 Å². The summed E-state index contributed by atoms with van der Waals surface area (Å²) in [5.41, 5.74) is 0.430. The van der Waals surface area contributed by atoms with Crippen LogP contribution in [0, 0.1) is 11.3 Å². The summed E-state index contributed by atoms with van der Waals surface area (Å²) in [5.74, 6) is 0. The van der Waals surface area contributed by atoms with Crippen molar-refractivity contribution in [2.75, 3.05) is 0 Å². The summed E-state index contributed by atoms with van der Waals surface area (Å²) in [5, 5.41) is 19.6. The van der Waals surface area contributed by atoms with Crippen molar-refractivity contribution in [1.29, 1.82) is 5.26 Å². The zero-order valence-corrected chi connectivity index (χ0v) is 12.0. The first-order valence-corrected chi connectivity index (χ1v) is 7.17. The summed E-state index contributed by atoms with van der Waals surface area (Å²) in [4.78, 5) is 2.50. The smallest absolute Gasteiger partial charge is 0.0991 e. The van der Waals surface area contributed by atoms with E-state index >= 15 is 0 Å². The summed E-state index contributed by atoms with van der Waals surface area (Å²) in [6.45, 7) is 3.93. The maximum absolute atomic E-state index is 10.6. The van der Waals surface area contributed by atoms with Crippen LogP contribution in [0.15, 0.2) is 36.4 Å². The Bertz CT molecular complexity index is 607. The third-order valence-electron chi connectivity index (χ3n) is 3.20. The van der Waals surface area contributed by atoms with Gasteiger partial charge in [-0.1, -0.05) is 19.1 Å². The Morgan fingerprint density at radius 2 is 2.00 bits per heavy atom. The Kier molecular flexibility index (Phi) is 4.04. The van der Waals surface area contributed by atoms with E-state index in [-0.39, 0.29) is 0 Å². The predicted octanol–water partition coefficient (Wildman–Crippen LogP) is 3.63. The summed E-state index contributed by atoms with van der Waals surface area (Å²) < 4.78 is 0. The molecule has 0 aliphatic rings. The topological polar surface area (TPSA) is 44.0 Å². The summed E-state index contributed by atoms with van der Waals surface area (Å²) in [6.07, 6.45) is 1.60. The number of rotatable bonds is 4. The second kappa shape index (κ2) is 5.56. The molecule has 0 fully saturated rings. The number of hydrogen-bond donors (Lipinski definition) is 1. The van der Waals surface area contributed by atoms with Crippen LogP contribution in [0.5, 0.6) is 0 Å². The maximum Gasteiger partial charge on any atom is 0.0991 e. The highest BCUT2D eigenvalue weighted by Crippen LogP contribution is 2.29. The standard InChI is InChI=1S/C16H17NOS/c1-3-14-7-8-15(19-14)10-16(2,18)13-6-4-5-12(9-13)11-17/h4-9,18H,3,10H2,1-2H3. The number of nitrogens with zero attached hydrogens (tertiary/aromatic N) is 1. The van der Waals surface area contributed by atoms with Crippen LogP contribution >= 0.6 is 11.3 Å². The van der Waals surface area contributed by atoms with Crippen molar-refractivity contribution in [2.45, 2.75) is 32.3 Å². The molecule has 1 aromatic heterocycles. The van der Waals surface area contributed by atoms with Gasteiger partial charge in [0.1, 0.15) is 0 Å². The molecule has 3 heteroatoms. The van der Waals surface area contributed by atoms with E-state index in [1.807, 2.05) is 12.1 Å². The molecule has 1 atom stereocenters. The van der Waals surface area contributed by atoms with Gasteiger partial charge in [0.05, 0.1) is 17.2 Å². The van der Waals surface area contributed by atoms with E-state index in [1.54, 1.807) is 30.4 Å². The Morgan fingerprint density at radius 1 is 1.26 bits per heavy atom.